The van der Waals surface area contributed by atoms with Gasteiger partial charge in [0.2, 0.25) is 12.0 Å². The fourth-order valence-corrected chi connectivity index (χ4v) is 3.79. The molecular weight excluding hydrogens is 441 g/mol. The van der Waals surface area contributed by atoms with Crippen LogP contribution in [0.2, 0.25) is 5.02 Å². The minimum Gasteiger partial charge on any atom is -0.493 e. The molecule has 1 fully saturated rings. The number of amides is 2. The number of carbonyl (C=O) groups excluding carboxylic acids is 2. The fraction of sp³-hybridized carbons (Fsp3) is 0.250. The summed E-state index contributed by atoms with van der Waals surface area (Å²) < 4.78 is 50.0. The zero-order chi connectivity index (χ0) is 22.5. The molecule has 2 aliphatic rings. The minimum absolute atomic E-state index is 0.102. The molecule has 0 N–H and O–H groups in total. The molecule has 0 spiro atoms. The second-order valence-corrected chi connectivity index (χ2v) is 7.10. The maximum Gasteiger partial charge on any atom is 0.416 e. The van der Waals surface area contributed by atoms with Crippen LogP contribution in [-0.4, -0.2) is 37.8 Å². The van der Waals surface area contributed by atoms with Crippen LogP contribution in [0, 0.1) is 5.92 Å². The van der Waals surface area contributed by atoms with E-state index < -0.39 is 35.6 Å². The predicted octanol–water partition coefficient (Wildman–Crippen LogP) is 3.67. The lowest BCUT2D eigenvalue weighted by molar-refractivity contribution is -0.137. The zero-order valence-electron chi connectivity index (χ0n) is 16.1. The van der Waals surface area contributed by atoms with E-state index in [0.717, 1.165) is 12.1 Å². The Morgan fingerprint density at radius 2 is 1.84 bits per heavy atom. The number of alkyl halides is 3. The smallest absolute Gasteiger partial charge is 0.416 e. The highest BCUT2D eigenvalue weighted by Gasteiger charge is 2.57. The van der Waals surface area contributed by atoms with Crippen LogP contribution in [0.4, 0.5) is 18.9 Å². The van der Waals surface area contributed by atoms with E-state index in [2.05, 4.69) is 5.16 Å². The average molecular weight is 455 g/mol. The lowest BCUT2D eigenvalue weighted by atomic mass is 9.93. The van der Waals surface area contributed by atoms with E-state index in [9.17, 15) is 22.8 Å². The predicted molar refractivity (Wildman–Crippen MR) is 103 cm³/mol. The number of benzene rings is 2. The number of methoxy groups -OCH3 is 2. The number of rotatable bonds is 4. The van der Waals surface area contributed by atoms with Crippen molar-refractivity contribution in [2.75, 3.05) is 19.1 Å². The van der Waals surface area contributed by atoms with Crippen LogP contribution < -0.4 is 14.4 Å². The quantitative estimate of drug-likeness (QED) is 0.659. The van der Waals surface area contributed by atoms with Gasteiger partial charge in [0.25, 0.3) is 5.91 Å². The van der Waals surface area contributed by atoms with Crippen molar-refractivity contribution in [1.82, 2.24) is 0 Å². The van der Waals surface area contributed by atoms with Gasteiger partial charge in [0.05, 0.1) is 30.5 Å². The highest BCUT2D eigenvalue weighted by atomic mass is 35.5. The number of nitrogens with zero attached hydrogens (tertiary/aromatic N) is 2. The molecule has 11 heteroatoms. The number of fused-ring (bicyclic) bond motifs is 1. The number of anilines is 1. The highest BCUT2D eigenvalue weighted by Crippen LogP contribution is 2.42. The maximum absolute atomic E-state index is 13.2. The molecule has 0 unspecified atom stereocenters. The van der Waals surface area contributed by atoms with Crippen LogP contribution in [-0.2, 0) is 20.6 Å². The van der Waals surface area contributed by atoms with Crippen molar-refractivity contribution in [3.63, 3.8) is 0 Å². The first-order valence-electron chi connectivity index (χ1n) is 8.88. The highest BCUT2D eigenvalue weighted by molar-refractivity contribution is 6.38. The molecule has 2 aromatic rings. The normalized spacial score (nSPS) is 20.5. The molecule has 0 saturated carbocycles. The van der Waals surface area contributed by atoms with Crippen LogP contribution in [0.25, 0.3) is 0 Å². The summed E-state index contributed by atoms with van der Waals surface area (Å²) in [5.41, 5.74) is -0.965. The lowest BCUT2D eigenvalue weighted by Crippen LogP contribution is -2.33. The van der Waals surface area contributed by atoms with Gasteiger partial charge >= 0.3 is 6.18 Å². The summed E-state index contributed by atoms with van der Waals surface area (Å²) in [6.07, 6.45) is -6.01. The van der Waals surface area contributed by atoms with E-state index in [0.29, 0.717) is 22.3 Å². The number of hydrogen-bond acceptors (Lipinski definition) is 6. The van der Waals surface area contributed by atoms with E-state index in [4.69, 9.17) is 25.9 Å². The SMILES string of the molecule is COc1cccc(C2=NO[C@H]3C(=O)N(c4cc(C(F)(F)F)ccc4Cl)C(=O)[C@@H]23)c1OC. The summed E-state index contributed by atoms with van der Waals surface area (Å²) in [5.74, 6) is -2.22. The number of oxime groups is 1. The molecule has 0 radical (unpaired) electrons. The Bertz CT molecular complexity index is 1120. The van der Waals surface area contributed by atoms with E-state index in [1.165, 1.54) is 14.2 Å². The number of para-hydroxylation sites is 1. The van der Waals surface area contributed by atoms with Crippen molar-refractivity contribution in [2.24, 2.45) is 11.1 Å². The molecule has 2 heterocycles. The van der Waals surface area contributed by atoms with Crippen LogP contribution >= 0.6 is 11.6 Å². The van der Waals surface area contributed by atoms with E-state index in [1.807, 2.05) is 0 Å². The first-order chi connectivity index (χ1) is 14.7. The first kappa shape index (κ1) is 21.0. The Hall–Kier alpha value is -3.27. The largest absolute Gasteiger partial charge is 0.493 e. The maximum atomic E-state index is 13.2. The molecule has 0 aliphatic carbocycles. The second kappa shape index (κ2) is 7.45. The van der Waals surface area contributed by atoms with Crippen LogP contribution in [0.5, 0.6) is 11.5 Å². The molecule has 7 nitrogen and oxygen atoms in total. The topological polar surface area (TPSA) is 77.4 Å². The minimum atomic E-state index is -4.68. The molecule has 2 amide bonds. The van der Waals surface area contributed by atoms with Gasteiger partial charge < -0.3 is 14.3 Å². The number of halogens is 4. The summed E-state index contributed by atoms with van der Waals surface area (Å²) >= 11 is 6.03. The molecule has 4 rings (SSSR count). The third-order valence-electron chi connectivity index (χ3n) is 5.01. The van der Waals surface area contributed by atoms with Crippen molar-refractivity contribution >= 4 is 34.8 Å². The Morgan fingerprint density at radius 1 is 1.10 bits per heavy atom. The number of hydrogen-bond donors (Lipinski definition) is 0. The Kier molecular flexibility index (Phi) is 5.04. The van der Waals surface area contributed by atoms with Crippen molar-refractivity contribution in [3.05, 3.63) is 52.5 Å². The van der Waals surface area contributed by atoms with Gasteiger partial charge in [-0.05, 0) is 30.3 Å². The average Bonchev–Trinajstić information content (AvgIpc) is 3.27. The molecule has 2 aliphatic heterocycles. The third-order valence-corrected chi connectivity index (χ3v) is 5.33. The van der Waals surface area contributed by atoms with Crippen LogP contribution in [0.3, 0.4) is 0 Å². The van der Waals surface area contributed by atoms with E-state index in [-0.39, 0.29) is 22.2 Å². The molecule has 0 bridgehead atoms. The monoisotopic (exact) mass is 454 g/mol. The van der Waals surface area contributed by atoms with Crippen molar-refractivity contribution in [1.29, 1.82) is 0 Å². The third kappa shape index (κ3) is 3.27. The van der Waals surface area contributed by atoms with Crippen molar-refractivity contribution in [2.45, 2.75) is 12.3 Å². The lowest BCUT2D eigenvalue weighted by Gasteiger charge is -2.19. The van der Waals surface area contributed by atoms with Gasteiger partial charge in [0.1, 0.15) is 11.6 Å². The second-order valence-electron chi connectivity index (χ2n) is 6.70. The van der Waals surface area contributed by atoms with Gasteiger partial charge in [-0.1, -0.05) is 22.8 Å². The Labute approximate surface area is 178 Å². The van der Waals surface area contributed by atoms with Gasteiger partial charge in [0, 0.05) is 5.56 Å². The van der Waals surface area contributed by atoms with E-state index in [1.54, 1.807) is 18.2 Å². The van der Waals surface area contributed by atoms with Gasteiger partial charge in [0.15, 0.2) is 11.5 Å². The van der Waals surface area contributed by atoms with Gasteiger partial charge in [-0.3, -0.25) is 9.59 Å². The summed E-state index contributed by atoms with van der Waals surface area (Å²) in [5, 5.41) is 3.69. The van der Waals surface area contributed by atoms with Gasteiger partial charge in [-0.25, -0.2) is 4.90 Å². The van der Waals surface area contributed by atoms with E-state index >= 15 is 0 Å². The Balaban J connectivity index is 1.76. The number of imide groups is 1. The number of carbonyl (C=O) groups is 2. The first-order valence-corrected chi connectivity index (χ1v) is 9.26. The summed E-state index contributed by atoms with van der Waals surface area (Å²) in [6.45, 7) is 0. The molecule has 31 heavy (non-hydrogen) atoms. The number of ether oxygens (including phenoxy) is 2. The molecule has 162 valence electrons. The molecule has 2 atom stereocenters. The molecule has 0 aromatic heterocycles. The van der Waals surface area contributed by atoms with Gasteiger partial charge in [-0.2, -0.15) is 13.2 Å². The summed E-state index contributed by atoms with van der Waals surface area (Å²) in [7, 11) is 2.82. The standard InChI is InChI=1S/C20H14ClF3N2O5/c1-29-13-5-3-4-10(16(13)30-2)15-14-17(31-25-15)19(28)26(18(14)27)12-8-9(20(22,23)24)6-7-11(12)21/h3-8,14,17H,1-2H3/t14-,17+/m0/s1. The fourth-order valence-electron chi connectivity index (χ4n) is 3.59. The van der Waals surface area contributed by atoms with Gasteiger partial charge in [-0.15, -0.1) is 0 Å². The van der Waals surface area contributed by atoms with Crippen LogP contribution in [0.1, 0.15) is 11.1 Å². The molecular formula is C20H14ClF3N2O5. The zero-order valence-corrected chi connectivity index (χ0v) is 16.8. The summed E-state index contributed by atoms with van der Waals surface area (Å²) in [6, 6.07) is 7.27. The molecule has 1 saturated heterocycles. The van der Waals surface area contributed by atoms with Crippen molar-refractivity contribution in [3.8, 4) is 11.5 Å². The Morgan fingerprint density at radius 3 is 2.48 bits per heavy atom. The van der Waals surface area contributed by atoms with Crippen LogP contribution in [0.15, 0.2) is 41.6 Å². The summed E-state index contributed by atoms with van der Waals surface area (Å²) in [4.78, 5) is 31.9. The molecule has 2 aromatic carbocycles. The van der Waals surface area contributed by atoms with Crippen molar-refractivity contribution < 1.29 is 37.1 Å².